The van der Waals surface area contributed by atoms with Gasteiger partial charge in [0.15, 0.2) is 5.43 Å². The summed E-state index contributed by atoms with van der Waals surface area (Å²) in [5, 5.41) is 35.8. The highest BCUT2D eigenvalue weighted by Gasteiger charge is 1.79. The molecule has 3 heterocycles. The molecule has 0 fully saturated rings. The summed E-state index contributed by atoms with van der Waals surface area (Å²) in [4.78, 5) is 10.2. The van der Waals surface area contributed by atoms with E-state index in [9.17, 15) is 15.0 Å². The normalized spacial score (nSPS) is 8.63. The lowest BCUT2D eigenvalue weighted by molar-refractivity contribution is -0.277. The first-order valence-corrected chi connectivity index (χ1v) is 4.62. The van der Waals surface area contributed by atoms with E-state index in [-0.39, 0.29) is 5.88 Å². The van der Waals surface area contributed by atoms with Crippen molar-refractivity contribution in [3.05, 3.63) is 47.5 Å². The summed E-state index contributed by atoms with van der Waals surface area (Å²) >= 11 is 0. The molecule has 0 N–H and O–H groups in total. The maximum atomic E-state index is 10.2. The second kappa shape index (κ2) is 8.00. The highest BCUT2D eigenvalue weighted by atomic mass is 16.5. The molecule has 3 aromatic rings. The number of aromatic nitrogens is 5. The molecular weight excluding hydrogens is 258 g/mol. The zero-order valence-corrected chi connectivity index (χ0v) is 9.24. The summed E-state index contributed by atoms with van der Waals surface area (Å²) < 4.78 is 8.53. The van der Waals surface area contributed by atoms with E-state index in [1.807, 2.05) is 0 Å². The van der Waals surface area contributed by atoms with E-state index in [4.69, 9.17) is 0 Å². The first-order valence-electron chi connectivity index (χ1n) is 4.62. The highest BCUT2D eigenvalue weighted by molar-refractivity contribution is 5.09. The Morgan fingerprint density at radius 1 is 1.21 bits per heavy atom. The van der Waals surface area contributed by atoms with Crippen molar-refractivity contribution in [2.45, 2.75) is 0 Å². The van der Waals surface area contributed by atoms with E-state index < -0.39 is 11.2 Å². The van der Waals surface area contributed by atoms with E-state index in [1.54, 1.807) is 0 Å². The Kier molecular flexibility index (Phi) is 5.85. The van der Waals surface area contributed by atoms with E-state index in [0.29, 0.717) is 0 Å². The molecule has 0 bridgehead atoms. The van der Waals surface area contributed by atoms with Crippen LogP contribution in [0.25, 0.3) is 0 Å². The molecule has 0 spiro atoms. The van der Waals surface area contributed by atoms with Gasteiger partial charge in [-0.05, 0) is 18.1 Å². The van der Waals surface area contributed by atoms with Gasteiger partial charge in [-0.25, -0.2) is 0 Å². The smallest absolute Gasteiger partial charge is 0.177 e. The van der Waals surface area contributed by atoms with Crippen LogP contribution >= 0.6 is 0 Å². The largest absolute Gasteiger partial charge is 0.868 e. The fraction of sp³-hybridized carbons (Fsp3) is 0. The molecule has 0 aliphatic rings. The Morgan fingerprint density at radius 2 is 2.05 bits per heavy atom. The fourth-order valence-corrected chi connectivity index (χ4v) is 0.659. The minimum atomic E-state index is -0.604. The Bertz CT molecular complexity index is 574. The van der Waals surface area contributed by atoms with Crippen LogP contribution < -0.4 is 20.7 Å². The third-order valence-corrected chi connectivity index (χ3v) is 1.38. The number of tetrazole rings is 1. The summed E-state index contributed by atoms with van der Waals surface area (Å²) in [5.74, 6) is -0.928. The molecule has 0 amide bonds. The first kappa shape index (κ1) is 13.9. The van der Waals surface area contributed by atoms with Crippen LogP contribution in [0, 0.1) is 0 Å². The van der Waals surface area contributed by atoms with Crippen molar-refractivity contribution in [2.24, 2.45) is 0 Å². The van der Waals surface area contributed by atoms with Crippen molar-refractivity contribution in [3.63, 3.8) is 0 Å². The van der Waals surface area contributed by atoms with Gasteiger partial charge in [-0.3, -0.25) is 15.1 Å². The molecule has 0 radical (unpaired) electrons. The third kappa shape index (κ3) is 6.21. The maximum Gasteiger partial charge on any atom is 0.177 e. The molecule has 3 aromatic heterocycles. The Hall–Kier alpha value is -3.17. The first-order chi connectivity index (χ1) is 9.20. The van der Waals surface area contributed by atoms with Crippen molar-refractivity contribution >= 4 is 0 Å². The minimum Gasteiger partial charge on any atom is -0.868 e. The topological polar surface area (TPSA) is 155 Å². The Morgan fingerprint density at radius 3 is 2.32 bits per heavy atom. The zero-order valence-electron chi connectivity index (χ0n) is 9.24. The van der Waals surface area contributed by atoms with E-state index in [2.05, 4.69) is 34.7 Å². The molecular formula is C9H6N5O5-3. The third-order valence-electron chi connectivity index (χ3n) is 1.38. The lowest BCUT2D eigenvalue weighted by atomic mass is 10.5. The average Bonchev–Trinajstić information content (AvgIpc) is 3.09. The predicted molar refractivity (Wildman–Crippen MR) is 53.5 cm³/mol. The molecule has 0 aliphatic heterocycles. The van der Waals surface area contributed by atoms with Gasteiger partial charge >= 0.3 is 0 Å². The molecule has 100 valence electrons. The van der Waals surface area contributed by atoms with Gasteiger partial charge < -0.3 is 24.3 Å². The van der Waals surface area contributed by atoms with Crippen LogP contribution in [0.4, 0.5) is 0 Å². The number of nitrogens with zero attached hydrogens (tertiary/aromatic N) is 5. The van der Waals surface area contributed by atoms with E-state index in [1.165, 1.54) is 24.9 Å². The molecule has 19 heavy (non-hydrogen) atoms. The van der Waals surface area contributed by atoms with Crippen LogP contribution in [0.1, 0.15) is 0 Å². The maximum absolute atomic E-state index is 10.2. The van der Waals surface area contributed by atoms with Gasteiger partial charge in [0.25, 0.3) is 0 Å². The van der Waals surface area contributed by atoms with Gasteiger partial charge in [0, 0.05) is 11.9 Å². The van der Waals surface area contributed by atoms with Crippen LogP contribution in [0.5, 0.6) is 11.6 Å². The number of hydrogen-bond acceptors (Lipinski definition) is 9. The summed E-state index contributed by atoms with van der Waals surface area (Å²) in [5.41, 5.74) is -0.531. The van der Waals surface area contributed by atoms with Gasteiger partial charge in [-0.2, -0.15) is 5.21 Å². The quantitative estimate of drug-likeness (QED) is 0.458. The standard InChI is InChI=1S/C5H4O3.C3H3NO2.CHN4/c6-4-1-2-8-3-5(4)7;5-3-1-2-6-4-3;1-2-4-5-3-1/h1-3,7H;1-2H,(H,4,5);1H/q;;-1/p-2. The lowest BCUT2D eigenvalue weighted by Crippen LogP contribution is -2.05. The summed E-state index contributed by atoms with van der Waals surface area (Å²) in [6.45, 7) is 0. The lowest BCUT2D eigenvalue weighted by Gasteiger charge is -1.96. The summed E-state index contributed by atoms with van der Waals surface area (Å²) in [6, 6.07) is 2.34. The second-order valence-electron chi connectivity index (χ2n) is 2.65. The summed E-state index contributed by atoms with van der Waals surface area (Å²) in [7, 11) is 0. The molecule has 0 saturated carbocycles. The molecule has 0 aliphatic carbocycles. The number of rotatable bonds is 0. The van der Waals surface area contributed by atoms with Crippen LogP contribution in [0.3, 0.4) is 0 Å². The monoisotopic (exact) mass is 264 g/mol. The van der Waals surface area contributed by atoms with Crippen LogP contribution in [-0.2, 0) is 0 Å². The van der Waals surface area contributed by atoms with Gasteiger partial charge in [-0.15, -0.1) is 0 Å². The SMILES string of the molecule is O=c1ccocc1[O-].[O-]c1ccon1.c1nnn[n-]1. The predicted octanol–water partition coefficient (Wildman–Crippen LogP) is -1.71. The molecule has 0 aromatic carbocycles. The Balaban J connectivity index is 0.000000147. The highest BCUT2D eigenvalue weighted by Crippen LogP contribution is 1.92. The molecule has 3 rings (SSSR count). The minimum absolute atomic E-state index is 0.324. The molecule has 0 atom stereocenters. The van der Waals surface area contributed by atoms with Crippen molar-refractivity contribution < 1.29 is 19.2 Å². The van der Waals surface area contributed by atoms with Gasteiger partial charge in [0.05, 0.1) is 12.5 Å². The van der Waals surface area contributed by atoms with Gasteiger partial charge in [0.1, 0.15) is 6.26 Å². The van der Waals surface area contributed by atoms with Crippen LogP contribution in [0.15, 0.2) is 51.0 Å². The van der Waals surface area contributed by atoms with Crippen molar-refractivity contribution in [3.8, 4) is 11.6 Å². The zero-order chi connectivity index (χ0) is 13.9. The molecule has 10 nitrogen and oxygen atoms in total. The molecule has 0 saturated heterocycles. The van der Waals surface area contributed by atoms with E-state index >= 15 is 0 Å². The fourth-order valence-electron chi connectivity index (χ4n) is 0.659. The number of hydrogen-bond donors (Lipinski definition) is 0. The Labute approximate surface area is 105 Å². The van der Waals surface area contributed by atoms with Crippen molar-refractivity contribution in [1.82, 2.24) is 25.8 Å². The summed E-state index contributed by atoms with van der Waals surface area (Å²) in [6.07, 6.45) is 4.56. The van der Waals surface area contributed by atoms with Crippen molar-refractivity contribution in [1.29, 1.82) is 0 Å². The van der Waals surface area contributed by atoms with Crippen LogP contribution in [0.2, 0.25) is 0 Å². The second-order valence-corrected chi connectivity index (χ2v) is 2.65. The molecule has 10 heteroatoms. The molecule has 0 unspecified atom stereocenters. The van der Waals surface area contributed by atoms with Gasteiger partial charge in [0.2, 0.25) is 0 Å². The van der Waals surface area contributed by atoms with E-state index in [0.717, 1.165) is 12.3 Å². The average molecular weight is 264 g/mol. The van der Waals surface area contributed by atoms with Gasteiger partial charge in [-0.1, -0.05) is 5.16 Å². The van der Waals surface area contributed by atoms with Crippen molar-refractivity contribution in [2.75, 3.05) is 0 Å². The van der Waals surface area contributed by atoms with Crippen LogP contribution in [-0.4, -0.2) is 20.7 Å².